The number of aryl methyl sites for hydroxylation is 1. The average molecular weight is 436 g/mol. The van der Waals surface area contributed by atoms with Crippen LogP contribution < -0.4 is 5.32 Å². The van der Waals surface area contributed by atoms with Crippen molar-refractivity contribution < 1.29 is 14.3 Å². The van der Waals surface area contributed by atoms with E-state index >= 15 is 0 Å². The Morgan fingerprint density at radius 2 is 1.88 bits per heavy atom. The van der Waals surface area contributed by atoms with Crippen LogP contribution in [0.15, 0.2) is 54.9 Å². The van der Waals surface area contributed by atoms with E-state index in [1.807, 2.05) is 25.1 Å². The zero-order valence-corrected chi connectivity index (χ0v) is 14.9. The van der Waals surface area contributed by atoms with Gasteiger partial charge >= 0.3 is 5.97 Å². The lowest BCUT2D eigenvalue weighted by Crippen LogP contribution is -2.07. The number of carbonyl (C=O) groups is 1. The molecule has 0 amide bonds. The molecule has 24 heavy (non-hydrogen) atoms. The Bertz CT molecular complexity index is 908. The minimum Gasteiger partial charge on any atom is -0.478 e. The molecule has 4 nitrogen and oxygen atoms in total. The van der Waals surface area contributed by atoms with Crippen molar-refractivity contribution in [1.29, 1.82) is 0 Å². The van der Waals surface area contributed by atoms with Crippen LogP contribution in [0.2, 0.25) is 0 Å². The molecule has 0 bridgehead atoms. The van der Waals surface area contributed by atoms with Gasteiger partial charge in [-0.05, 0) is 77.5 Å². The molecule has 122 valence electrons. The second-order valence-corrected chi connectivity index (χ2v) is 6.57. The first kappa shape index (κ1) is 16.5. The van der Waals surface area contributed by atoms with Gasteiger partial charge in [-0.25, -0.2) is 9.18 Å². The largest absolute Gasteiger partial charge is 0.478 e. The van der Waals surface area contributed by atoms with E-state index in [1.54, 1.807) is 29.1 Å². The Kier molecular flexibility index (Phi) is 4.57. The van der Waals surface area contributed by atoms with E-state index in [-0.39, 0.29) is 11.3 Å². The molecule has 2 aromatic carbocycles. The molecule has 0 fully saturated rings. The maximum absolute atomic E-state index is 14.3. The fourth-order valence-corrected chi connectivity index (χ4v) is 3.09. The van der Waals surface area contributed by atoms with E-state index in [2.05, 4.69) is 27.9 Å². The molecule has 2 N–H and O–H groups in total. The van der Waals surface area contributed by atoms with Crippen LogP contribution in [-0.2, 0) is 0 Å². The lowest BCUT2D eigenvalue weighted by molar-refractivity contribution is 0.0697. The third-order valence-corrected chi connectivity index (χ3v) is 4.33. The molecule has 0 aliphatic rings. The molecule has 0 atom stereocenters. The lowest BCUT2D eigenvalue weighted by atomic mass is 10.1. The van der Waals surface area contributed by atoms with Crippen molar-refractivity contribution >= 4 is 39.9 Å². The first-order chi connectivity index (χ1) is 11.5. The maximum atomic E-state index is 14.3. The van der Waals surface area contributed by atoms with Crippen LogP contribution >= 0.6 is 22.6 Å². The molecule has 0 saturated carbocycles. The standard InChI is InChI=1S/C18H14FIN2O2/c1-11-8-12(20)4-5-15(11)21-16-10-17(22-6-2-3-7-22)14(19)9-13(16)18(23)24/h2-10,21H,1H3,(H,23,24). The van der Waals surface area contributed by atoms with Crippen LogP contribution in [0.1, 0.15) is 15.9 Å². The third-order valence-electron chi connectivity index (χ3n) is 3.66. The summed E-state index contributed by atoms with van der Waals surface area (Å²) in [5, 5.41) is 12.5. The molecular weight excluding hydrogens is 422 g/mol. The highest BCUT2D eigenvalue weighted by Crippen LogP contribution is 2.29. The van der Waals surface area contributed by atoms with Gasteiger partial charge in [-0.15, -0.1) is 0 Å². The number of aromatic carboxylic acids is 1. The first-order valence-corrected chi connectivity index (χ1v) is 8.27. The van der Waals surface area contributed by atoms with E-state index in [1.165, 1.54) is 6.07 Å². The fraction of sp³-hybridized carbons (Fsp3) is 0.0556. The molecule has 6 heteroatoms. The van der Waals surface area contributed by atoms with Crippen LogP contribution in [0.25, 0.3) is 5.69 Å². The van der Waals surface area contributed by atoms with Gasteiger partial charge in [0.25, 0.3) is 0 Å². The summed E-state index contributed by atoms with van der Waals surface area (Å²) in [6, 6.07) is 11.9. The Balaban J connectivity index is 2.10. The number of aromatic nitrogens is 1. The molecule has 1 heterocycles. The Morgan fingerprint density at radius 1 is 1.17 bits per heavy atom. The molecule has 0 radical (unpaired) electrons. The molecule has 0 spiro atoms. The van der Waals surface area contributed by atoms with E-state index in [9.17, 15) is 14.3 Å². The normalized spacial score (nSPS) is 10.6. The topological polar surface area (TPSA) is 54.3 Å². The number of nitrogens with one attached hydrogen (secondary N) is 1. The van der Waals surface area contributed by atoms with Gasteiger partial charge in [0, 0.05) is 21.7 Å². The number of hydrogen-bond acceptors (Lipinski definition) is 2. The van der Waals surface area contributed by atoms with Gasteiger partial charge in [-0.1, -0.05) is 0 Å². The molecule has 0 unspecified atom stereocenters. The maximum Gasteiger partial charge on any atom is 0.337 e. The predicted molar refractivity (Wildman–Crippen MR) is 99.9 cm³/mol. The number of carboxylic acids is 1. The van der Waals surface area contributed by atoms with Crippen molar-refractivity contribution in [3.05, 3.63) is 75.4 Å². The second kappa shape index (κ2) is 6.64. The molecule has 1 aromatic heterocycles. The minimum atomic E-state index is -1.18. The number of benzene rings is 2. The summed E-state index contributed by atoms with van der Waals surface area (Å²) in [6.45, 7) is 1.93. The fourth-order valence-electron chi connectivity index (χ4n) is 2.45. The zero-order valence-electron chi connectivity index (χ0n) is 12.8. The van der Waals surface area contributed by atoms with Gasteiger partial charge in [0.15, 0.2) is 0 Å². The molecule has 3 aromatic rings. The van der Waals surface area contributed by atoms with Crippen molar-refractivity contribution in [3.63, 3.8) is 0 Å². The van der Waals surface area contributed by atoms with Crippen LogP contribution in [0.3, 0.4) is 0 Å². The van der Waals surface area contributed by atoms with E-state index in [4.69, 9.17) is 0 Å². The van der Waals surface area contributed by atoms with Gasteiger partial charge in [0.2, 0.25) is 0 Å². The number of nitrogens with zero attached hydrogens (tertiary/aromatic N) is 1. The molecule has 3 rings (SSSR count). The van der Waals surface area contributed by atoms with Gasteiger partial charge < -0.3 is 15.0 Å². The average Bonchev–Trinajstić information content (AvgIpc) is 3.05. The Hall–Kier alpha value is -2.35. The van der Waals surface area contributed by atoms with Crippen LogP contribution in [-0.4, -0.2) is 15.6 Å². The summed E-state index contributed by atoms with van der Waals surface area (Å²) < 4.78 is 17.0. The summed E-state index contributed by atoms with van der Waals surface area (Å²) in [4.78, 5) is 11.5. The van der Waals surface area contributed by atoms with Crippen molar-refractivity contribution in [2.45, 2.75) is 6.92 Å². The quantitative estimate of drug-likeness (QED) is 0.568. The highest BCUT2D eigenvalue weighted by molar-refractivity contribution is 14.1. The summed E-state index contributed by atoms with van der Waals surface area (Å²) in [5.74, 6) is -1.77. The third kappa shape index (κ3) is 3.28. The van der Waals surface area contributed by atoms with E-state index in [0.717, 1.165) is 20.9 Å². The highest BCUT2D eigenvalue weighted by Gasteiger charge is 2.16. The van der Waals surface area contributed by atoms with E-state index < -0.39 is 11.8 Å². The lowest BCUT2D eigenvalue weighted by Gasteiger charge is -2.15. The van der Waals surface area contributed by atoms with Crippen molar-refractivity contribution in [3.8, 4) is 5.69 Å². The Labute approximate surface area is 152 Å². The minimum absolute atomic E-state index is 0.110. The number of halogens is 2. The second-order valence-electron chi connectivity index (χ2n) is 5.33. The summed E-state index contributed by atoms with van der Waals surface area (Å²) in [7, 11) is 0. The first-order valence-electron chi connectivity index (χ1n) is 7.19. The van der Waals surface area contributed by atoms with Gasteiger partial charge in [0.05, 0.1) is 16.9 Å². The molecule has 0 aliphatic carbocycles. The molecule has 0 aliphatic heterocycles. The molecule has 0 saturated heterocycles. The van der Waals surface area contributed by atoms with Crippen molar-refractivity contribution in [1.82, 2.24) is 4.57 Å². The Morgan fingerprint density at radius 3 is 2.50 bits per heavy atom. The van der Waals surface area contributed by atoms with Crippen LogP contribution in [0.5, 0.6) is 0 Å². The van der Waals surface area contributed by atoms with Gasteiger partial charge in [-0.3, -0.25) is 0 Å². The smallest absolute Gasteiger partial charge is 0.337 e. The number of anilines is 2. The van der Waals surface area contributed by atoms with Gasteiger partial charge in [-0.2, -0.15) is 0 Å². The number of rotatable bonds is 4. The summed E-state index contributed by atoms with van der Waals surface area (Å²) >= 11 is 2.21. The van der Waals surface area contributed by atoms with E-state index in [0.29, 0.717) is 5.69 Å². The number of carboxylic acid groups (broad SMARTS) is 1. The van der Waals surface area contributed by atoms with Gasteiger partial charge in [0.1, 0.15) is 5.82 Å². The van der Waals surface area contributed by atoms with Crippen LogP contribution in [0.4, 0.5) is 15.8 Å². The van der Waals surface area contributed by atoms with Crippen molar-refractivity contribution in [2.75, 3.05) is 5.32 Å². The number of hydrogen-bond donors (Lipinski definition) is 2. The van der Waals surface area contributed by atoms with Crippen LogP contribution in [0, 0.1) is 16.3 Å². The van der Waals surface area contributed by atoms with Crippen molar-refractivity contribution in [2.24, 2.45) is 0 Å². The zero-order chi connectivity index (χ0) is 17.3. The predicted octanol–water partition coefficient (Wildman–Crippen LogP) is 4.97. The monoisotopic (exact) mass is 436 g/mol. The summed E-state index contributed by atoms with van der Waals surface area (Å²) in [6.07, 6.45) is 3.41. The SMILES string of the molecule is Cc1cc(I)ccc1Nc1cc(-n2cccc2)c(F)cc1C(=O)O. The highest BCUT2D eigenvalue weighted by atomic mass is 127. The summed E-state index contributed by atoms with van der Waals surface area (Å²) in [5.41, 5.74) is 2.28. The molecular formula is C18H14FIN2O2.